The molecule has 1 aromatic carbocycles. The molecule has 0 saturated carbocycles. The van der Waals surface area contributed by atoms with Crippen LogP contribution in [0.5, 0.6) is 5.75 Å². The Bertz CT molecular complexity index is 636. The highest BCUT2D eigenvalue weighted by Crippen LogP contribution is 2.37. The number of halogens is 1. The molecule has 0 fully saturated rings. The van der Waals surface area contributed by atoms with Gasteiger partial charge < -0.3 is 9.64 Å². The maximum Gasteiger partial charge on any atom is 0.134 e. The zero-order chi connectivity index (χ0) is 16.2. The van der Waals surface area contributed by atoms with E-state index in [1.54, 1.807) is 7.11 Å². The minimum atomic E-state index is 0.168. The van der Waals surface area contributed by atoms with Crippen molar-refractivity contribution in [1.29, 1.82) is 0 Å². The summed E-state index contributed by atoms with van der Waals surface area (Å²) in [7, 11) is 1.65. The molecule has 1 aromatic rings. The lowest BCUT2D eigenvalue weighted by atomic mass is 9.81. The van der Waals surface area contributed by atoms with Crippen LogP contribution in [0.2, 0.25) is 0 Å². The predicted octanol–water partition coefficient (Wildman–Crippen LogP) is 5.14. The second-order valence-electron chi connectivity index (χ2n) is 5.55. The molecule has 116 valence electrons. The molecule has 0 amide bonds. The minimum Gasteiger partial charge on any atom is -0.496 e. The standard InChI is InChI=1S/C19H22BrNO/c1-5-15-12-18(22-4)16(20)13-17(15)21-11-9-8-10-19(6-2,7-3)14-21/h1,8-13H,6-7,14H2,2-4H3. The first kappa shape index (κ1) is 16.7. The maximum absolute atomic E-state index is 5.72. The Balaban J connectivity index is 2.47. The van der Waals surface area contributed by atoms with Crippen LogP contribution in [-0.4, -0.2) is 13.7 Å². The van der Waals surface area contributed by atoms with Crippen LogP contribution in [-0.2, 0) is 0 Å². The summed E-state index contributed by atoms with van der Waals surface area (Å²) in [4.78, 5) is 2.24. The van der Waals surface area contributed by atoms with E-state index in [1.165, 1.54) is 0 Å². The number of anilines is 1. The Hall–Kier alpha value is -1.66. The summed E-state index contributed by atoms with van der Waals surface area (Å²) in [5.41, 5.74) is 2.04. The summed E-state index contributed by atoms with van der Waals surface area (Å²) in [6.45, 7) is 5.40. The van der Waals surface area contributed by atoms with E-state index in [-0.39, 0.29) is 5.41 Å². The summed E-state index contributed by atoms with van der Waals surface area (Å²) < 4.78 is 6.26. The van der Waals surface area contributed by atoms with Crippen LogP contribution < -0.4 is 9.64 Å². The Kier molecular flexibility index (Phi) is 5.37. The minimum absolute atomic E-state index is 0.168. The molecule has 0 radical (unpaired) electrons. The Morgan fingerprint density at radius 1 is 1.32 bits per heavy atom. The number of ether oxygens (including phenoxy) is 1. The van der Waals surface area contributed by atoms with Crippen LogP contribution in [0.15, 0.2) is 41.0 Å². The van der Waals surface area contributed by atoms with E-state index in [4.69, 9.17) is 11.2 Å². The van der Waals surface area contributed by atoms with Gasteiger partial charge in [-0.25, -0.2) is 0 Å². The molecule has 0 unspecified atom stereocenters. The SMILES string of the molecule is C#Cc1cc(OC)c(Br)cc1N1C=CC=CC(CC)(CC)C1. The third-order valence-electron chi connectivity index (χ3n) is 4.46. The highest BCUT2D eigenvalue weighted by Gasteiger charge is 2.27. The second kappa shape index (κ2) is 7.07. The van der Waals surface area contributed by atoms with Crippen LogP contribution in [0.3, 0.4) is 0 Å². The molecule has 1 heterocycles. The van der Waals surface area contributed by atoms with E-state index in [0.29, 0.717) is 0 Å². The van der Waals surface area contributed by atoms with Crippen LogP contribution in [0.25, 0.3) is 0 Å². The summed E-state index contributed by atoms with van der Waals surface area (Å²) in [5, 5.41) is 0. The van der Waals surface area contributed by atoms with Gasteiger partial charge >= 0.3 is 0 Å². The van der Waals surface area contributed by atoms with E-state index >= 15 is 0 Å². The molecule has 0 bridgehead atoms. The molecule has 0 spiro atoms. The van der Waals surface area contributed by atoms with Crippen molar-refractivity contribution in [3.8, 4) is 18.1 Å². The normalized spacial score (nSPS) is 16.2. The number of benzene rings is 1. The molecule has 0 N–H and O–H groups in total. The van der Waals surface area contributed by atoms with Crippen molar-refractivity contribution in [2.45, 2.75) is 26.7 Å². The van der Waals surface area contributed by atoms with Gasteiger partial charge in [0, 0.05) is 18.2 Å². The van der Waals surface area contributed by atoms with Gasteiger partial charge in [-0.1, -0.05) is 31.9 Å². The van der Waals surface area contributed by atoms with Gasteiger partial charge in [0.25, 0.3) is 0 Å². The lowest BCUT2D eigenvalue weighted by Gasteiger charge is -2.34. The van der Waals surface area contributed by atoms with Crippen molar-refractivity contribution in [3.05, 3.63) is 46.6 Å². The second-order valence-corrected chi connectivity index (χ2v) is 6.40. The van der Waals surface area contributed by atoms with E-state index in [0.717, 1.165) is 40.9 Å². The van der Waals surface area contributed by atoms with E-state index in [1.807, 2.05) is 12.1 Å². The van der Waals surface area contributed by atoms with E-state index in [2.05, 4.69) is 65.0 Å². The lowest BCUT2D eigenvalue weighted by molar-refractivity contribution is 0.363. The number of terminal acetylenes is 1. The van der Waals surface area contributed by atoms with Gasteiger partial charge in [-0.15, -0.1) is 6.42 Å². The number of methoxy groups -OCH3 is 1. The third kappa shape index (κ3) is 3.23. The quantitative estimate of drug-likeness (QED) is 0.690. The van der Waals surface area contributed by atoms with Gasteiger partial charge in [-0.2, -0.15) is 0 Å². The first-order valence-corrected chi connectivity index (χ1v) is 8.35. The topological polar surface area (TPSA) is 12.5 Å². The molecule has 0 atom stereocenters. The number of allylic oxidation sites excluding steroid dienone is 2. The molecular formula is C19H22BrNO. The van der Waals surface area contributed by atoms with Crippen molar-refractivity contribution < 1.29 is 4.74 Å². The zero-order valence-electron chi connectivity index (χ0n) is 13.4. The van der Waals surface area contributed by atoms with Gasteiger partial charge in [0.1, 0.15) is 5.75 Å². The summed E-state index contributed by atoms with van der Waals surface area (Å²) >= 11 is 3.56. The van der Waals surface area contributed by atoms with E-state index in [9.17, 15) is 0 Å². The highest BCUT2D eigenvalue weighted by atomic mass is 79.9. The summed E-state index contributed by atoms with van der Waals surface area (Å²) in [5.74, 6) is 3.54. The molecule has 0 saturated heterocycles. The van der Waals surface area contributed by atoms with Gasteiger partial charge in [-0.05, 0) is 47.0 Å². The molecule has 1 aliphatic rings. The molecule has 2 rings (SSSR count). The molecule has 1 aliphatic heterocycles. The molecular weight excluding hydrogens is 338 g/mol. The van der Waals surface area contributed by atoms with Crippen molar-refractivity contribution in [2.24, 2.45) is 5.41 Å². The number of rotatable bonds is 4. The highest BCUT2D eigenvalue weighted by molar-refractivity contribution is 9.10. The first-order valence-electron chi connectivity index (χ1n) is 7.56. The van der Waals surface area contributed by atoms with Gasteiger partial charge in [0.05, 0.1) is 22.8 Å². The van der Waals surface area contributed by atoms with Gasteiger partial charge in [-0.3, -0.25) is 0 Å². The van der Waals surface area contributed by atoms with Crippen molar-refractivity contribution in [2.75, 3.05) is 18.6 Å². The van der Waals surface area contributed by atoms with E-state index < -0.39 is 0 Å². The third-order valence-corrected chi connectivity index (χ3v) is 5.08. The fourth-order valence-corrected chi connectivity index (χ4v) is 3.28. The molecule has 22 heavy (non-hydrogen) atoms. The average Bonchev–Trinajstić information content (AvgIpc) is 2.77. The van der Waals surface area contributed by atoms with Crippen molar-refractivity contribution in [3.63, 3.8) is 0 Å². The van der Waals surface area contributed by atoms with Crippen molar-refractivity contribution >= 4 is 21.6 Å². The zero-order valence-corrected chi connectivity index (χ0v) is 15.0. The smallest absolute Gasteiger partial charge is 0.134 e. The van der Waals surface area contributed by atoms with Gasteiger partial charge in [0.15, 0.2) is 0 Å². The Morgan fingerprint density at radius 2 is 2.05 bits per heavy atom. The molecule has 3 heteroatoms. The largest absolute Gasteiger partial charge is 0.496 e. The number of hydrogen-bond donors (Lipinski definition) is 0. The fourth-order valence-electron chi connectivity index (χ4n) is 2.79. The Labute approximate surface area is 142 Å². The molecule has 0 aromatic heterocycles. The maximum atomic E-state index is 5.72. The van der Waals surface area contributed by atoms with Crippen LogP contribution in [0.1, 0.15) is 32.3 Å². The predicted molar refractivity (Wildman–Crippen MR) is 97.3 cm³/mol. The van der Waals surface area contributed by atoms with Crippen molar-refractivity contribution in [1.82, 2.24) is 0 Å². The summed E-state index contributed by atoms with van der Waals surface area (Å²) in [6, 6.07) is 3.95. The number of hydrogen-bond acceptors (Lipinski definition) is 2. The fraction of sp³-hybridized carbons (Fsp3) is 0.368. The van der Waals surface area contributed by atoms with Gasteiger partial charge in [0.2, 0.25) is 0 Å². The van der Waals surface area contributed by atoms with Crippen LogP contribution in [0.4, 0.5) is 5.69 Å². The first-order chi connectivity index (χ1) is 10.6. The summed E-state index contributed by atoms with van der Waals surface area (Å²) in [6.07, 6.45) is 16.5. The molecule has 2 nitrogen and oxygen atoms in total. The number of nitrogens with zero attached hydrogens (tertiary/aromatic N) is 1. The van der Waals surface area contributed by atoms with Crippen LogP contribution in [0, 0.1) is 17.8 Å². The molecule has 0 aliphatic carbocycles. The monoisotopic (exact) mass is 359 g/mol. The average molecular weight is 360 g/mol. The lowest BCUT2D eigenvalue weighted by Crippen LogP contribution is -2.32. The Morgan fingerprint density at radius 3 is 2.64 bits per heavy atom. The van der Waals surface area contributed by atoms with Crippen LogP contribution >= 0.6 is 15.9 Å².